The molecule has 0 saturated carbocycles. The Balaban J connectivity index is 1.33. The molecule has 5 heteroatoms. The van der Waals surface area contributed by atoms with Gasteiger partial charge in [-0.25, -0.2) is 0 Å². The summed E-state index contributed by atoms with van der Waals surface area (Å²) >= 11 is 0. The molecule has 0 radical (unpaired) electrons. The summed E-state index contributed by atoms with van der Waals surface area (Å²) in [5.74, 6) is 0.746. The number of carbonyl (C=O) groups is 1. The van der Waals surface area contributed by atoms with E-state index in [9.17, 15) is 4.79 Å². The molecule has 0 aromatic rings. The Morgan fingerprint density at radius 2 is 2.16 bits per heavy atom. The summed E-state index contributed by atoms with van der Waals surface area (Å²) in [5, 5.41) is 3.29. The molecule has 1 unspecified atom stereocenters. The smallest absolute Gasteiger partial charge is 0.248 e. The lowest BCUT2D eigenvalue weighted by Crippen LogP contribution is -2.62. The summed E-state index contributed by atoms with van der Waals surface area (Å²) in [6, 6.07) is 0. The van der Waals surface area contributed by atoms with Crippen LogP contribution in [0.2, 0.25) is 0 Å². The molecule has 0 aromatic carbocycles. The minimum atomic E-state index is 0.0856. The summed E-state index contributed by atoms with van der Waals surface area (Å²) in [4.78, 5) is 13.7. The van der Waals surface area contributed by atoms with Gasteiger partial charge in [-0.15, -0.1) is 0 Å². The van der Waals surface area contributed by atoms with Crippen LogP contribution < -0.4 is 5.32 Å². The largest absolute Gasteiger partial charge is 0.372 e. The maximum absolute atomic E-state index is 11.8. The minimum Gasteiger partial charge on any atom is -0.372 e. The zero-order valence-corrected chi connectivity index (χ0v) is 11.5. The first kappa shape index (κ1) is 13.3. The minimum absolute atomic E-state index is 0.0856. The van der Waals surface area contributed by atoms with Crippen molar-refractivity contribution in [2.75, 3.05) is 46.0 Å². The standard InChI is InChI=1S/C14H24N2O3/c17-13(16-5-1-2-6-16)9-18-7-3-12-4-8-19-14(12)10-15-11-14/h12,15H,1-11H2. The van der Waals surface area contributed by atoms with Crippen molar-refractivity contribution in [3.63, 3.8) is 0 Å². The topological polar surface area (TPSA) is 50.8 Å². The van der Waals surface area contributed by atoms with E-state index in [1.807, 2.05) is 4.90 Å². The predicted octanol–water partition coefficient (Wildman–Crippen LogP) is 0.394. The molecule has 5 nitrogen and oxygen atoms in total. The predicted molar refractivity (Wildman–Crippen MR) is 70.9 cm³/mol. The van der Waals surface area contributed by atoms with Gasteiger partial charge in [0.05, 0.1) is 5.60 Å². The highest BCUT2D eigenvalue weighted by Gasteiger charge is 2.48. The number of carbonyl (C=O) groups excluding carboxylic acids is 1. The van der Waals surface area contributed by atoms with E-state index in [-0.39, 0.29) is 18.1 Å². The van der Waals surface area contributed by atoms with Crippen LogP contribution in [0.4, 0.5) is 0 Å². The van der Waals surface area contributed by atoms with Crippen LogP contribution in [-0.4, -0.2) is 62.4 Å². The van der Waals surface area contributed by atoms with Gasteiger partial charge in [-0.3, -0.25) is 4.79 Å². The second kappa shape index (κ2) is 5.77. The van der Waals surface area contributed by atoms with Crippen LogP contribution in [-0.2, 0) is 14.3 Å². The van der Waals surface area contributed by atoms with Crippen LogP contribution in [0.1, 0.15) is 25.7 Å². The fourth-order valence-corrected chi connectivity index (χ4v) is 3.40. The van der Waals surface area contributed by atoms with Gasteiger partial charge in [0.15, 0.2) is 0 Å². The first-order valence-electron chi connectivity index (χ1n) is 7.50. The molecule has 19 heavy (non-hydrogen) atoms. The molecule has 3 fully saturated rings. The van der Waals surface area contributed by atoms with Crippen LogP contribution in [0, 0.1) is 5.92 Å². The molecule has 1 spiro atoms. The Bertz CT molecular complexity index is 325. The molecule has 1 amide bonds. The highest BCUT2D eigenvalue weighted by atomic mass is 16.5. The first-order valence-corrected chi connectivity index (χ1v) is 7.50. The fourth-order valence-electron chi connectivity index (χ4n) is 3.40. The molecule has 3 rings (SSSR count). The molecule has 0 bridgehead atoms. The van der Waals surface area contributed by atoms with Crippen molar-refractivity contribution in [2.45, 2.75) is 31.3 Å². The number of hydrogen-bond donors (Lipinski definition) is 1. The van der Waals surface area contributed by atoms with E-state index in [2.05, 4.69) is 5.32 Å². The van der Waals surface area contributed by atoms with Crippen LogP contribution >= 0.6 is 0 Å². The second-order valence-corrected chi connectivity index (χ2v) is 5.93. The average Bonchev–Trinajstić information content (AvgIpc) is 3.01. The lowest BCUT2D eigenvalue weighted by atomic mass is 9.81. The van der Waals surface area contributed by atoms with Crippen LogP contribution in [0.3, 0.4) is 0 Å². The van der Waals surface area contributed by atoms with Gasteiger partial charge in [0.1, 0.15) is 6.61 Å². The molecular weight excluding hydrogens is 244 g/mol. The number of nitrogens with one attached hydrogen (secondary N) is 1. The van der Waals surface area contributed by atoms with Crippen molar-refractivity contribution >= 4 is 5.91 Å². The van der Waals surface area contributed by atoms with Gasteiger partial charge in [-0.2, -0.15) is 0 Å². The van der Waals surface area contributed by atoms with Crippen LogP contribution in [0.5, 0.6) is 0 Å². The molecule has 1 atom stereocenters. The summed E-state index contributed by atoms with van der Waals surface area (Å²) in [5.41, 5.74) is 0.0856. The van der Waals surface area contributed by atoms with Gasteiger partial charge in [-0.05, 0) is 31.6 Å². The van der Waals surface area contributed by atoms with Gasteiger partial charge >= 0.3 is 0 Å². The van der Waals surface area contributed by atoms with Gasteiger partial charge in [0.2, 0.25) is 5.91 Å². The van der Waals surface area contributed by atoms with Gasteiger partial charge in [-0.1, -0.05) is 0 Å². The van der Waals surface area contributed by atoms with E-state index >= 15 is 0 Å². The number of likely N-dealkylation sites (tertiary alicyclic amines) is 1. The maximum Gasteiger partial charge on any atom is 0.248 e. The summed E-state index contributed by atoms with van der Waals surface area (Å²) in [6.07, 6.45) is 4.42. The number of amides is 1. The van der Waals surface area contributed by atoms with Gasteiger partial charge in [0, 0.05) is 39.4 Å². The summed E-state index contributed by atoms with van der Waals surface area (Å²) in [6.45, 7) is 5.57. The van der Waals surface area contributed by atoms with Crippen molar-refractivity contribution in [1.29, 1.82) is 0 Å². The summed E-state index contributed by atoms with van der Waals surface area (Å²) < 4.78 is 11.4. The fraction of sp³-hybridized carbons (Fsp3) is 0.929. The molecular formula is C14H24N2O3. The average molecular weight is 268 g/mol. The third-order valence-corrected chi connectivity index (χ3v) is 4.74. The van der Waals surface area contributed by atoms with Gasteiger partial charge < -0.3 is 19.7 Å². The number of rotatable bonds is 5. The van der Waals surface area contributed by atoms with E-state index in [1.54, 1.807) is 0 Å². The lowest BCUT2D eigenvalue weighted by Gasteiger charge is -2.43. The molecule has 3 heterocycles. The normalized spacial score (nSPS) is 28.8. The zero-order chi connectivity index (χ0) is 13.1. The molecule has 0 aromatic heterocycles. The second-order valence-electron chi connectivity index (χ2n) is 5.93. The SMILES string of the molecule is O=C(COCCC1CCOC12CNC2)N1CCCC1. The number of nitrogens with zero attached hydrogens (tertiary/aromatic N) is 1. The Labute approximate surface area is 114 Å². The van der Waals surface area contributed by atoms with E-state index in [1.165, 1.54) is 0 Å². The monoisotopic (exact) mass is 268 g/mol. The highest BCUT2D eigenvalue weighted by Crippen LogP contribution is 2.37. The van der Waals surface area contributed by atoms with E-state index < -0.39 is 0 Å². The molecule has 1 N–H and O–H groups in total. The lowest BCUT2D eigenvalue weighted by molar-refractivity contribution is -0.135. The summed E-state index contributed by atoms with van der Waals surface area (Å²) in [7, 11) is 0. The zero-order valence-electron chi connectivity index (χ0n) is 11.5. The first-order chi connectivity index (χ1) is 9.30. The molecule has 0 aliphatic carbocycles. The molecule has 3 saturated heterocycles. The van der Waals surface area contributed by atoms with E-state index in [4.69, 9.17) is 9.47 Å². The van der Waals surface area contributed by atoms with E-state index in [0.29, 0.717) is 12.5 Å². The van der Waals surface area contributed by atoms with Gasteiger partial charge in [0.25, 0.3) is 0 Å². The highest BCUT2D eigenvalue weighted by molar-refractivity contribution is 5.77. The Morgan fingerprint density at radius 3 is 2.84 bits per heavy atom. The Morgan fingerprint density at radius 1 is 1.37 bits per heavy atom. The van der Waals surface area contributed by atoms with Crippen molar-refractivity contribution < 1.29 is 14.3 Å². The van der Waals surface area contributed by atoms with E-state index in [0.717, 1.165) is 58.5 Å². The number of hydrogen-bond acceptors (Lipinski definition) is 4. The van der Waals surface area contributed by atoms with Crippen molar-refractivity contribution in [3.05, 3.63) is 0 Å². The molecule has 3 aliphatic rings. The molecule has 108 valence electrons. The van der Waals surface area contributed by atoms with Crippen molar-refractivity contribution in [1.82, 2.24) is 10.2 Å². The van der Waals surface area contributed by atoms with Crippen LogP contribution in [0.15, 0.2) is 0 Å². The Kier molecular flexibility index (Phi) is 4.05. The van der Waals surface area contributed by atoms with Crippen LogP contribution in [0.25, 0.3) is 0 Å². The van der Waals surface area contributed by atoms with Crippen molar-refractivity contribution in [3.8, 4) is 0 Å². The Hall–Kier alpha value is -0.650. The third-order valence-electron chi connectivity index (χ3n) is 4.74. The van der Waals surface area contributed by atoms with Crippen molar-refractivity contribution in [2.24, 2.45) is 5.92 Å². The maximum atomic E-state index is 11.8. The molecule has 3 aliphatic heterocycles. The quantitative estimate of drug-likeness (QED) is 0.733. The third kappa shape index (κ3) is 2.78. The number of ether oxygens (including phenoxy) is 2.